The largest absolute Gasteiger partial charge is 0.390 e. The lowest BCUT2D eigenvalue weighted by Gasteiger charge is -2.61. The molecule has 4 aliphatic carbocycles. The molecule has 0 aromatic heterocycles. The van der Waals surface area contributed by atoms with E-state index < -0.39 is 0 Å². The Morgan fingerprint density at radius 3 is 2.52 bits per heavy atom. The Morgan fingerprint density at radius 2 is 1.81 bits per heavy atom. The number of hydrogen-bond acceptors (Lipinski definition) is 3. The van der Waals surface area contributed by atoms with Crippen molar-refractivity contribution >= 4 is 0 Å². The molecule has 152 valence electrons. The third-order valence-corrected chi connectivity index (χ3v) is 9.46. The van der Waals surface area contributed by atoms with Gasteiger partial charge in [-0.1, -0.05) is 27.7 Å². The minimum absolute atomic E-state index is 0.0103. The first kappa shape index (κ1) is 19.7. The van der Waals surface area contributed by atoms with Crippen molar-refractivity contribution in [2.45, 2.75) is 91.3 Å². The fourth-order valence-corrected chi connectivity index (χ4v) is 7.95. The molecule has 0 bridgehead atoms. The summed E-state index contributed by atoms with van der Waals surface area (Å²) in [6, 6.07) is 2.65. The summed E-state index contributed by atoms with van der Waals surface area (Å²) >= 11 is 0. The first-order chi connectivity index (χ1) is 12.8. The molecule has 0 heterocycles. The van der Waals surface area contributed by atoms with E-state index >= 15 is 0 Å². The van der Waals surface area contributed by atoms with E-state index in [4.69, 9.17) is 4.74 Å². The summed E-state index contributed by atoms with van der Waals surface area (Å²) in [7, 11) is 0. The highest BCUT2D eigenvalue weighted by molar-refractivity contribution is 5.13. The van der Waals surface area contributed by atoms with Gasteiger partial charge in [0.1, 0.15) is 0 Å². The molecule has 4 fully saturated rings. The number of nitriles is 1. The minimum atomic E-state index is -0.290. The Labute approximate surface area is 165 Å². The van der Waals surface area contributed by atoms with Crippen molar-refractivity contribution in [3.05, 3.63) is 0 Å². The average Bonchev–Trinajstić information content (AvgIpc) is 2.96. The molecule has 0 aliphatic heterocycles. The van der Waals surface area contributed by atoms with Crippen molar-refractivity contribution < 1.29 is 9.84 Å². The van der Waals surface area contributed by atoms with Crippen LogP contribution in [0, 0.1) is 57.7 Å². The lowest BCUT2D eigenvalue weighted by atomic mass is 9.44. The highest BCUT2D eigenvalue weighted by Crippen LogP contribution is 2.67. The van der Waals surface area contributed by atoms with E-state index in [1.165, 1.54) is 32.1 Å². The zero-order valence-electron chi connectivity index (χ0n) is 17.8. The minimum Gasteiger partial charge on any atom is -0.390 e. The van der Waals surface area contributed by atoms with Crippen LogP contribution in [0.2, 0.25) is 0 Å². The van der Waals surface area contributed by atoms with Gasteiger partial charge < -0.3 is 9.84 Å². The lowest BCUT2D eigenvalue weighted by molar-refractivity contribution is -0.173. The summed E-state index contributed by atoms with van der Waals surface area (Å²) in [6.45, 7) is 10.1. The van der Waals surface area contributed by atoms with Crippen LogP contribution < -0.4 is 0 Å². The van der Waals surface area contributed by atoms with E-state index in [0.717, 1.165) is 43.6 Å². The normalized spacial score (nSPS) is 52.0. The molecule has 4 aliphatic rings. The van der Waals surface area contributed by atoms with Gasteiger partial charge in [-0.05, 0) is 91.8 Å². The maximum Gasteiger partial charge on any atom is 0.0839 e. The number of aliphatic hydroxyl groups is 1. The predicted molar refractivity (Wildman–Crippen MR) is 107 cm³/mol. The molecule has 0 saturated heterocycles. The maximum atomic E-state index is 10.7. The van der Waals surface area contributed by atoms with E-state index in [1.54, 1.807) is 0 Å². The van der Waals surface area contributed by atoms with E-state index in [9.17, 15) is 10.4 Å². The molecule has 0 spiro atoms. The number of nitrogens with zero attached hydrogens (tertiary/aromatic N) is 1. The van der Waals surface area contributed by atoms with Crippen molar-refractivity contribution in [3.63, 3.8) is 0 Å². The molecule has 2 unspecified atom stereocenters. The zero-order valence-corrected chi connectivity index (χ0v) is 17.8. The van der Waals surface area contributed by atoms with Gasteiger partial charge >= 0.3 is 0 Å². The summed E-state index contributed by atoms with van der Waals surface area (Å²) < 4.78 is 6.20. The summed E-state index contributed by atoms with van der Waals surface area (Å²) in [5.41, 5.74) is 0.552. The third-order valence-electron chi connectivity index (χ3n) is 9.46. The molecule has 4 rings (SSSR count). The molecular formula is C24H39NO2. The Morgan fingerprint density at radius 1 is 1.07 bits per heavy atom. The highest BCUT2D eigenvalue weighted by Gasteiger charge is 2.61. The van der Waals surface area contributed by atoms with Crippen molar-refractivity contribution in [2.24, 2.45) is 46.3 Å². The maximum absolute atomic E-state index is 10.7. The summed E-state index contributed by atoms with van der Waals surface area (Å²) in [4.78, 5) is 0. The number of ether oxygens (including phenoxy) is 1. The van der Waals surface area contributed by atoms with Gasteiger partial charge in [0.15, 0.2) is 0 Å². The van der Waals surface area contributed by atoms with E-state index in [0.29, 0.717) is 17.3 Å². The second-order valence-electron chi connectivity index (χ2n) is 11.2. The molecule has 0 aromatic carbocycles. The van der Waals surface area contributed by atoms with Crippen LogP contribution in [-0.2, 0) is 4.74 Å². The van der Waals surface area contributed by atoms with Gasteiger partial charge in [-0.15, -0.1) is 0 Å². The molecule has 3 heteroatoms. The van der Waals surface area contributed by atoms with Crippen LogP contribution in [0.25, 0.3) is 0 Å². The van der Waals surface area contributed by atoms with Crippen LogP contribution in [0.3, 0.4) is 0 Å². The van der Waals surface area contributed by atoms with Crippen molar-refractivity contribution in [1.29, 1.82) is 5.26 Å². The molecule has 4 saturated carbocycles. The van der Waals surface area contributed by atoms with Crippen LogP contribution in [0.15, 0.2) is 0 Å². The number of aliphatic hydroxyl groups excluding tert-OH is 1. The van der Waals surface area contributed by atoms with Crippen LogP contribution in [0.4, 0.5) is 0 Å². The summed E-state index contributed by atoms with van der Waals surface area (Å²) in [5.74, 6) is 3.70. The first-order valence-corrected chi connectivity index (χ1v) is 11.5. The molecule has 1 N–H and O–H groups in total. The fourth-order valence-electron chi connectivity index (χ4n) is 7.95. The zero-order chi connectivity index (χ0) is 19.4. The predicted octanol–water partition coefficient (Wildman–Crippen LogP) is 5.18. The molecule has 27 heavy (non-hydrogen) atoms. The summed E-state index contributed by atoms with van der Waals surface area (Å²) in [5, 5.41) is 20.4. The number of hydrogen-bond donors (Lipinski definition) is 1. The Bertz CT molecular complexity index is 598. The van der Waals surface area contributed by atoms with E-state index in [2.05, 4.69) is 33.8 Å². The monoisotopic (exact) mass is 373 g/mol. The smallest absolute Gasteiger partial charge is 0.0839 e. The fraction of sp³-hybridized carbons (Fsp3) is 0.958. The van der Waals surface area contributed by atoms with Gasteiger partial charge in [0, 0.05) is 6.61 Å². The first-order valence-electron chi connectivity index (χ1n) is 11.5. The van der Waals surface area contributed by atoms with Crippen LogP contribution in [0.1, 0.15) is 79.1 Å². The van der Waals surface area contributed by atoms with E-state index in [-0.39, 0.29) is 23.5 Å². The van der Waals surface area contributed by atoms with Crippen LogP contribution >= 0.6 is 0 Å². The standard InChI is InChI=1S/C24H39NO2/c1-15(2)14-27-22-12-24(4)16(11-21(22)26)5-7-18-19-8-6-17(13-25)23(19,3)10-9-20(18)24/h15-22,26H,5-12,14H2,1-4H3/t16?,17-,18+,19+,20?,21+,22+,23-,24+/m1/s1. The SMILES string of the molecule is CC(C)CO[C@H]1C[C@@]2(C)C(CC[C@@H]3C2CC[C@]2(C)[C@@H](C#N)CC[C@@H]32)C[C@@H]1O. The molecule has 0 aromatic rings. The number of fused-ring (bicyclic) bond motifs is 5. The molecular weight excluding hydrogens is 334 g/mol. The molecule has 9 atom stereocenters. The average molecular weight is 374 g/mol. The van der Waals surface area contributed by atoms with Gasteiger partial charge in [-0.25, -0.2) is 0 Å². The Balaban J connectivity index is 1.55. The topological polar surface area (TPSA) is 53.2 Å². The molecule has 0 radical (unpaired) electrons. The van der Waals surface area contributed by atoms with Gasteiger partial charge in [-0.3, -0.25) is 0 Å². The Kier molecular flexibility index (Phi) is 5.13. The second-order valence-corrected chi connectivity index (χ2v) is 11.2. The van der Waals surface area contributed by atoms with Crippen molar-refractivity contribution in [2.75, 3.05) is 6.61 Å². The molecule has 3 nitrogen and oxygen atoms in total. The van der Waals surface area contributed by atoms with Gasteiger partial charge in [0.25, 0.3) is 0 Å². The summed E-state index contributed by atoms with van der Waals surface area (Å²) in [6.07, 6.45) is 9.10. The molecule has 0 amide bonds. The van der Waals surface area contributed by atoms with Gasteiger partial charge in [0.05, 0.1) is 24.2 Å². The number of rotatable bonds is 3. The van der Waals surface area contributed by atoms with Crippen molar-refractivity contribution in [3.8, 4) is 6.07 Å². The lowest BCUT2D eigenvalue weighted by Crippen LogP contribution is -2.57. The second kappa shape index (κ2) is 7.03. The quantitative estimate of drug-likeness (QED) is 0.741. The van der Waals surface area contributed by atoms with Gasteiger partial charge in [0.2, 0.25) is 0 Å². The Hall–Kier alpha value is -0.590. The van der Waals surface area contributed by atoms with Crippen molar-refractivity contribution in [1.82, 2.24) is 0 Å². The van der Waals surface area contributed by atoms with Crippen LogP contribution in [-0.4, -0.2) is 23.9 Å². The highest BCUT2D eigenvalue weighted by atomic mass is 16.5. The van der Waals surface area contributed by atoms with Crippen LogP contribution in [0.5, 0.6) is 0 Å². The van der Waals surface area contributed by atoms with Gasteiger partial charge in [-0.2, -0.15) is 5.26 Å². The van der Waals surface area contributed by atoms with E-state index in [1.807, 2.05) is 0 Å². The third kappa shape index (κ3) is 3.06.